The zero-order valence-electron chi connectivity index (χ0n) is 14.6. The first kappa shape index (κ1) is 17.9. The van der Waals surface area contributed by atoms with Gasteiger partial charge in [0, 0.05) is 23.3 Å². The topological polar surface area (TPSA) is 149 Å². The minimum absolute atomic E-state index is 0.115. The van der Waals surface area contributed by atoms with Crippen LogP contribution in [0.25, 0.3) is 0 Å². The Bertz CT molecular complexity index is 1170. The van der Waals surface area contributed by atoms with E-state index in [-0.39, 0.29) is 17.2 Å². The van der Waals surface area contributed by atoms with Gasteiger partial charge in [-0.3, -0.25) is 20.2 Å². The van der Waals surface area contributed by atoms with Crippen LogP contribution in [-0.2, 0) is 0 Å². The molecule has 0 fully saturated rings. The summed E-state index contributed by atoms with van der Waals surface area (Å²) in [6.07, 6.45) is 2.28. The summed E-state index contributed by atoms with van der Waals surface area (Å²) in [5, 5.41) is 24.5. The number of pyridine rings is 2. The zero-order chi connectivity index (χ0) is 20.4. The fourth-order valence-electron chi connectivity index (χ4n) is 2.64. The first-order chi connectivity index (χ1) is 14.0. The van der Waals surface area contributed by atoms with Crippen LogP contribution < -0.4 is 5.32 Å². The van der Waals surface area contributed by atoms with E-state index in [2.05, 4.69) is 25.3 Å². The maximum Gasteiger partial charge on any atom is 0.287 e. The van der Waals surface area contributed by atoms with Crippen molar-refractivity contribution in [2.45, 2.75) is 0 Å². The quantitative estimate of drug-likeness (QED) is 0.531. The third-order valence-electron chi connectivity index (χ3n) is 4.01. The predicted molar refractivity (Wildman–Crippen MR) is 105 cm³/mol. The minimum atomic E-state index is -0.536. The fraction of sp³-hybridized carbons (Fsp3) is 0. The van der Waals surface area contributed by atoms with Crippen LogP contribution in [-0.4, -0.2) is 31.5 Å². The predicted octanol–water partition coefficient (Wildman–Crippen LogP) is 3.24. The standard InChI is InChI=1S/C18H11N7O4/c26-24(27)11-5-7-15(19-9-11)21-17-13-3-1-2-4-14(13)18(23-17)22-16-8-6-12(10-20-16)25(28)29/h1-10H,(H,19,20,21,22,23). The Morgan fingerprint density at radius 3 is 2.07 bits per heavy atom. The number of anilines is 1. The molecule has 0 atom stereocenters. The Morgan fingerprint density at radius 1 is 0.828 bits per heavy atom. The summed E-state index contributed by atoms with van der Waals surface area (Å²) >= 11 is 0. The number of aliphatic imine (C=N–C) groups is 2. The Hall–Kier alpha value is -4.54. The van der Waals surface area contributed by atoms with Gasteiger partial charge in [-0.2, -0.15) is 0 Å². The number of benzene rings is 1. The molecule has 11 nitrogen and oxygen atoms in total. The van der Waals surface area contributed by atoms with Crippen LogP contribution in [0, 0.1) is 20.2 Å². The second kappa shape index (κ2) is 7.23. The van der Waals surface area contributed by atoms with Crippen molar-refractivity contribution in [3.63, 3.8) is 0 Å². The van der Waals surface area contributed by atoms with E-state index in [4.69, 9.17) is 0 Å². The van der Waals surface area contributed by atoms with E-state index in [1.54, 1.807) is 0 Å². The number of rotatable bonds is 4. The molecule has 2 aromatic heterocycles. The average molecular weight is 389 g/mol. The van der Waals surface area contributed by atoms with Gasteiger partial charge in [0.1, 0.15) is 24.0 Å². The Morgan fingerprint density at radius 2 is 1.48 bits per heavy atom. The molecule has 1 aliphatic rings. The second-order valence-electron chi connectivity index (χ2n) is 5.86. The van der Waals surface area contributed by atoms with Crippen molar-refractivity contribution >= 4 is 34.7 Å². The summed E-state index contributed by atoms with van der Waals surface area (Å²) in [5.41, 5.74) is 1.28. The molecule has 0 radical (unpaired) electrons. The third-order valence-corrected chi connectivity index (χ3v) is 4.01. The lowest BCUT2D eigenvalue weighted by atomic mass is 10.1. The van der Waals surface area contributed by atoms with Crippen molar-refractivity contribution in [2.24, 2.45) is 9.98 Å². The molecule has 0 amide bonds. The van der Waals surface area contributed by atoms with Gasteiger partial charge < -0.3 is 5.32 Å². The normalized spacial score (nSPS) is 13.7. The van der Waals surface area contributed by atoms with Gasteiger partial charge in [0.25, 0.3) is 11.4 Å². The first-order valence-electron chi connectivity index (χ1n) is 8.26. The smallest absolute Gasteiger partial charge is 0.287 e. The summed E-state index contributed by atoms with van der Waals surface area (Å²) in [5.74, 6) is 1.52. The molecule has 0 saturated heterocycles. The summed E-state index contributed by atoms with van der Waals surface area (Å²) in [4.78, 5) is 37.3. The number of amidine groups is 2. The number of nitrogens with zero attached hydrogens (tertiary/aromatic N) is 6. The van der Waals surface area contributed by atoms with E-state index in [9.17, 15) is 20.2 Å². The number of nitrogens with one attached hydrogen (secondary N) is 1. The van der Waals surface area contributed by atoms with Crippen LogP contribution in [0.15, 0.2) is 70.9 Å². The Kier molecular flexibility index (Phi) is 4.45. The van der Waals surface area contributed by atoms with Crippen molar-refractivity contribution in [3.8, 4) is 0 Å². The summed E-state index contributed by atoms with van der Waals surface area (Å²) in [6.45, 7) is 0. The lowest BCUT2D eigenvalue weighted by Gasteiger charge is -2.05. The minimum Gasteiger partial charge on any atom is -0.324 e. The number of fused-ring (bicyclic) bond motifs is 1. The van der Waals surface area contributed by atoms with E-state index in [0.29, 0.717) is 17.5 Å². The molecule has 142 valence electrons. The van der Waals surface area contributed by atoms with Crippen molar-refractivity contribution in [3.05, 3.63) is 92.3 Å². The van der Waals surface area contributed by atoms with Gasteiger partial charge in [-0.1, -0.05) is 24.3 Å². The average Bonchev–Trinajstić information content (AvgIpc) is 3.06. The highest BCUT2D eigenvalue weighted by atomic mass is 16.6. The van der Waals surface area contributed by atoms with Crippen LogP contribution in [0.5, 0.6) is 0 Å². The van der Waals surface area contributed by atoms with Crippen molar-refractivity contribution in [2.75, 3.05) is 5.32 Å². The zero-order valence-corrected chi connectivity index (χ0v) is 14.6. The number of nitro groups is 2. The maximum atomic E-state index is 10.8. The SMILES string of the molecule is O=[N+]([O-])c1ccc(N=C2N=C(Nc3ccc([N+](=O)[O-])cn3)c3ccccc32)nc1. The Labute approximate surface area is 162 Å². The van der Waals surface area contributed by atoms with E-state index in [1.807, 2.05) is 24.3 Å². The molecule has 0 aliphatic carbocycles. The van der Waals surface area contributed by atoms with Crippen molar-refractivity contribution in [1.82, 2.24) is 9.97 Å². The summed E-state index contributed by atoms with van der Waals surface area (Å²) in [6, 6.07) is 12.9. The highest BCUT2D eigenvalue weighted by Crippen LogP contribution is 2.24. The monoisotopic (exact) mass is 389 g/mol. The van der Waals surface area contributed by atoms with Crippen LogP contribution >= 0.6 is 0 Å². The molecule has 3 aromatic rings. The van der Waals surface area contributed by atoms with E-state index in [1.165, 1.54) is 24.3 Å². The van der Waals surface area contributed by atoms with Gasteiger partial charge in [0.2, 0.25) is 0 Å². The summed E-state index contributed by atoms with van der Waals surface area (Å²) in [7, 11) is 0. The fourth-order valence-corrected chi connectivity index (χ4v) is 2.64. The number of hydrogen-bond donors (Lipinski definition) is 1. The molecule has 1 N–H and O–H groups in total. The van der Waals surface area contributed by atoms with Gasteiger partial charge in [0.05, 0.1) is 9.85 Å². The molecule has 0 bridgehead atoms. The first-order valence-corrected chi connectivity index (χ1v) is 8.26. The molecule has 0 unspecified atom stereocenters. The molecular formula is C18H11N7O4. The van der Waals surface area contributed by atoms with Gasteiger partial charge in [0.15, 0.2) is 11.7 Å². The molecule has 0 spiro atoms. The lowest BCUT2D eigenvalue weighted by Crippen LogP contribution is -2.12. The highest BCUT2D eigenvalue weighted by Gasteiger charge is 2.22. The van der Waals surface area contributed by atoms with Gasteiger partial charge in [-0.05, 0) is 12.1 Å². The second-order valence-corrected chi connectivity index (χ2v) is 5.86. The van der Waals surface area contributed by atoms with Crippen LogP contribution in [0.1, 0.15) is 11.1 Å². The number of aromatic nitrogens is 2. The number of hydrogen-bond acceptors (Lipinski definition) is 8. The largest absolute Gasteiger partial charge is 0.324 e. The maximum absolute atomic E-state index is 10.8. The van der Waals surface area contributed by atoms with E-state index >= 15 is 0 Å². The molecule has 29 heavy (non-hydrogen) atoms. The molecule has 1 aromatic carbocycles. The van der Waals surface area contributed by atoms with Crippen LogP contribution in [0.4, 0.5) is 23.0 Å². The van der Waals surface area contributed by atoms with Gasteiger partial charge >= 0.3 is 0 Å². The van der Waals surface area contributed by atoms with Crippen molar-refractivity contribution < 1.29 is 9.85 Å². The lowest BCUT2D eigenvalue weighted by molar-refractivity contribution is -0.385. The van der Waals surface area contributed by atoms with Crippen molar-refractivity contribution in [1.29, 1.82) is 0 Å². The molecule has 4 rings (SSSR count). The van der Waals surface area contributed by atoms with Gasteiger partial charge in [-0.15, -0.1) is 0 Å². The molecule has 0 saturated carbocycles. The van der Waals surface area contributed by atoms with Crippen LogP contribution in [0.3, 0.4) is 0 Å². The molecule has 11 heteroatoms. The highest BCUT2D eigenvalue weighted by molar-refractivity contribution is 6.26. The van der Waals surface area contributed by atoms with E-state index in [0.717, 1.165) is 23.5 Å². The van der Waals surface area contributed by atoms with E-state index < -0.39 is 9.85 Å². The summed E-state index contributed by atoms with van der Waals surface area (Å²) < 4.78 is 0. The van der Waals surface area contributed by atoms with Gasteiger partial charge in [-0.25, -0.2) is 20.0 Å². The molecule has 1 aliphatic heterocycles. The molecule has 3 heterocycles. The third kappa shape index (κ3) is 3.64. The Balaban J connectivity index is 1.66. The molecular weight excluding hydrogens is 378 g/mol. The van der Waals surface area contributed by atoms with Crippen LogP contribution in [0.2, 0.25) is 0 Å².